The number of nitrogens with zero attached hydrogens (tertiary/aromatic N) is 1. The molecular weight excluding hydrogens is 288 g/mol. The van der Waals surface area contributed by atoms with E-state index in [4.69, 9.17) is 9.84 Å². The number of carbonyl (C=O) groups excluding carboxylic acids is 1. The molecule has 0 radical (unpaired) electrons. The summed E-state index contributed by atoms with van der Waals surface area (Å²) >= 11 is 0. The minimum atomic E-state index is -0.535. The number of nitro benzene ring substituents is 1. The Balaban J connectivity index is 2.21. The third kappa shape index (κ3) is 3.80. The number of carbonyl (C=O) groups is 1. The Morgan fingerprint density at radius 1 is 1.23 bits per heavy atom. The van der Waals surface area contributed by atoms with Gasteiger partial charge in [-0.3, -0.25) is 14.9 Å². The third-order valence-electron chi connectivity index (χ3n) is 2.78. The lowest BCUT2D eigenvalue weighted by atomic mass is 10.2. The number of hydrogen-bond donors (Lipinski definition) is 2. The quantitative estimate of drug-likeness (QED) is 0.628. The van der Waals surface area contributed by atoms with Crippen molar-refractivity contribution >= 4 is 11.6 Å². The Morgan fingerprint density at radius 3 is 2.73 bits per heavy atom. The van der Waals surface area contributed by atoms with Gasteiger partial charge in [0.1, 0.15) is 5.75 Å². The molecule has 2 rings (SSSR count). The number of hydrogen-bond acceptors (Lipinski definition) is 5. The molecular formula is C15H14N2O5. The van der Waals surface area contributed by atoms with Crippen molar-refractivity contribution in [3.63, 3.8) is 0 Å². The fourth-order valence-corrected chi connectivity index (χ4v) is 1.79. The van der Waals surface area contributed by atoms with Gasteiger partial charge in [-0.25, -0.2) is 0 Å². The predicted octanol–water partition coefficient (Wildman–Crippen LogP) is 2.11. The van der Waals surface area contributed by atoms with Gasteiger partial charge in [0, 0.05) is 18.2 Å². The monoisotopic (exact) mass is 302 g/mol. The zero-order valence-electron chi connectivity index (χ0n) is 11.6. The third-order valence-corrected chi connectivity index (χ3v) is 2.78. The van der Waals surface area contributed by atoms with Gasteiger partial charge in [0.25, 0.3) is 5.91 Å². The standard InChI is InChI=1S/C15H14N2O5/c18-9-8-16-15(19)11-4-3-5-12(10-11)22-14-7-2-1-6-13(14)17(20)21/h1-7,10,18H,8-9H2,(H,16,19). The molecule has 0 aliphatic carbocycles. The molecule has 0 heterocycles. The number of nitro groups is 1. The summed E-state index contributed by atoms with van der Waals surface area (Å²) < 4.78 is 5.50. The average molecular weight is 302 g/mol. The predicted molar refractivity (Wildman–Crippen MR) is 79.0 cm³/mol. The van der Waals surface area contributed by atoms with Gasteiger partial charge >= 0.3 is 5.69 Å². The molecule has 7 heteroatoms. The van der Waals surface area contributed by atoms with Gasteiger partial charge in [0.15, 0.2) is 0 Å². The van der Waals surface area contributed by atoms with Gasteiger partial charge < -0.3 is 15.2 Å². The summed E-state index contributed by atoms with van der Waals surface area (Å²) in [6, 6.07) is 12.3. The van der Waals surface area contributed by atoms with E-state index in [9.17, 15) is 14.9 Å². The maximum absolute atomic E-state index is 11.8. The summed E-state index contributed by atoms with van der Waals surface area (Å²) in [4.78, 5) is 22.2. The Kier molecular flexibility index (Phi) is 5.05. The van der Waals surface area contributed by atoms with Crippen molar-refractivity contribution in [3.05, 3.63) is 64.2 Å². The average Bonchev–Trinajstić information content (AvgIpc) is 2.53. The summed E-state index contributed by atoms with van der Waals surface area (Å²) in [6.07, 6.45) is 0. The van der Waals surface area contributed by atoms with Crippen LogP contribution in [0.25, 0.3) is 0 Å². The van der Waals surface area contributed by atoms with Crippen LogP contribution < -0.4 is 10.1 Å². The smallest absolute Gasteiger partial charge is 0.311 e. The normalized spacial score (nSPS) is 10.0. The Hall–Kier alpha value is -2.93. The molecule has 0 saturated carbocycles. The molecule has 0 unspecified atom stereocenters. The maximum atomic E-state index is 11.8. The van der Waals surface area contributed by atoms with E-state index < -0.39 is 4.92 Å². The van der Waals surface area contributed by atoms with Crippen LogP contribution in [0.2, 0.25) is 0 Å². The van der Waals surface area contributed by atoms with Crippen LogP contribution in [0.3, 0.4) is 0 Å². The molecule has 0 spiro atoms. The zero-order chi connectivity index (χ0) is 15.9. The van der Waals surface area contributed by atoms with Crippen LogP contribution in [-0.4, -0.2) is 29.1 Å². The highest BCUT2D eigenvalue weighted by molar-refractivity contribution is 5.94. The van der Waals surface area contributed by atoms with E-state index in [0.717, 1.165) is 0 Å². The molecule has 0 fully saturated rings. The van der Waals surface area contributed by atoms with Crippen molar-refractivity contribution in [2.45, 2.75) is 0 Å². The molecule has 114 valence electrons. The number of para-hydroxylation sites is 2. The molecule has 0 aromatic heterocycles. The highest BCUT2D eigenvalue weighted by Gasteiger charge is 2.15. The second-order valence-corrected chi connectivity index (χ2v) is 4.33. The number of amides is 1. The van der Waals surface area contributed by atoms with Gasteiger partial charge in [-0.05, 0) is 24.3 Å². The van der Waals surface area contributed by atoms with Gasteiger partial charge in [0.05, 0.1) is 11.5 Å². The van der Waals surface area contributed by atoms with E-state index in [1.165, 1.54) is 18.2 Å². The summed E-state index contributed by atoms with van der Waals surface area (Å²) in [5, 5.41) is 22.2. The molecule has 0 saturated heterocycles. The van der Waals surface area contributed by atoms with E-state index in [2.05, 4.69) is 5.32 Å². The van der Waals surface area contributed by atoms with Gasteiger partial charge in [0.2, 0.25) is 5.75 Å². The molecule has 2 aromatic carbocycles. The lowest BCUT2D eigenvalue weighted by Crippen LogP contribution is -2.26. The lowest BCUT2D eigenvalue weighted by Gasteiger charge is -2.08. The van der Waals surface area contributed by atoms with Crippen molar-refractivity contribution in [2.75, 3.05) is 13.2 Å². The van der Waals surface area contributed by atoms with Crippen molar-refractivity contribution in [2.24, 2.45) is 0 Å². The maximum Gasteiger partial charge on any atom is 0.311 e. The van der Waals surface area contributed by atoms with E-state index in [1.54, 1.807) is 30.3 Å². The van der Waals surface area contributed by atoms with Gasteiger partial charge in [-0.2, -0.15) is 0 Å². The van der Waals surface area contributed by atoms with Crippen LogP contribution in [0.15, 0.2) is 48.5 Å². The first-order valence-corrected chi connectivity index (χ1v) is 6.52. The molecule has 0 bridgehead atoms. The lowest BCUT2D eigenvalue weighted by molar-refractivity contribution is -0.385. The Morgan fingerprint density at radius 2 is 2.00 bits per heavy atom. The van der Waals surface area contributed by atoms with E-state index in [1.807, 2.05) is 0 Å². The van der Waals surface area contributed by atoms with E-state index in [0.29, 0.717) is 11.3 Å². The number of aliphatic hydroxyl groups excluding tert-OH is 1. The molecule has 2 aromatic rings. The number of nitrogens with one attached hydrogen (secondary N) is 1. The molecule has 0 aliphatic rings. The van der Waals surface area contributed by atoms with Crippen molar-refractivity contribution < 1.29 is 19.6 Å². The van der Waals surface area contributed by atoms with Crippen molar-refractivity contribution in [1.29, 1.82) is 0 Å². The minimum absolute atomic E-state index is 0.0976. The fraction of sp³-hybridized carbons (Fsp3) is 0.133. The number of ether oxygens (including phenoxy) is 1. The SMILES string of the molecule is O=C(NCCO)c1cccc(Oc2ccccc2[N+](=O)[O-])c1. The summed E-state index contributed by atoms with van der Waals surface area (Å²) in [6.45, 7) is -0.00772. The summed E-state index contributed by atoms with van der Waals surface area (Å²) in [7, 11) is 0. The van der Waals surface area contributed by atoms with Crippen LogP contribution in [0.5, 0.6) is 11.5 Å². The summed E-state index contributed by atoms with van der Waals surface area (Å²) in [5.41, 5.74) is 0.183. The topological polar surface area (TPSA) is 102 Å². The fourth-order valence-electron chi connectivity index (χ4n) is 1.79. The first kappa shape index (κ1) is 15.5. The molecule has 22 heavy (non-hydrogen) atoms. The van der Waals surface area contributed by atoms with E-state index >= 15 is 0 Å². The van der Waals surface area contributed by atoms with Crippen LogP contribution in [0.4, 0.5) is 5.69 Å². The van der Waals surface area contributed by atoms with Crippen molar-refractivity contribution in [1.82, 2.24) is 5.32 Å². The van der Waals surface area contributed by atoms with Crippen molar-refractivity contribution in [3.8, 4) is 11.5 Å². The number of benzene rings is 2. The van der Waals surface area contributed by atoms with Gasteiger partial charge in [-0.1, -0.05) is 18.2 Å². The molecule has 0 aliphatic heterocycles. The number of rotatable bonds is 6. The van der Waals surface area contributed by atoms with Crippen LogP contribution in [-0.2, 0) is 0 Å². The van der Waals surface area contributed by atoms with Gasteiger partial charge in [-0.15, -0.1) is 0 Å². The Labute approximate surface area is 126 Å². The van der Waals surface area contributed by atoms with Crippen LogP contribution in [0.1, 0.15) is 10.4 Å². The van der Waals surface area contributed by atoms with Crippen LogP contribution in [0, 0.1) is 10.1 Å². The molecule has 2 N–H and O–H groups in total. The molecule has 7 nitrogen and oxygen atoms in total. The second kappa shape index (κ2) is 7.19. The van der Waals surface area contributed by atoms with E-state index in [-0.39, 0.29) is 30.5 Å². The number of aliphatic hydroxyl groups is 1. The highest BCUT2D eigenvalue weighted by atomic mass is 16.6. The molecule has 1 amide bonds. The van der Waals surface area contributed by atoms with Crippen LogP contribution >= 0.6 is 0 Å². The largest absolute Gasteiger partial charge is 0.450 e. The molecule has 0 atom stereocenters. The first-order chi connectivity index (χ1) is 10.6. The minimum Gasteiger partial charge on any atom is -0.450 e. The Bertz CT molecular complexity index is 687. The highest BCUT2D eigenvalue weighted by Crippen LogP contribution is 2.30. The summed E-state index contributed by atoms with van der Waals surface area (Å²) in [5.74, 6) is 0.0495. The zero-order valence-corrected chi connectivity index (χ0v) is 11.6. The second-order valence-electron chi connectivity index (χ2n) is 4.33. The first-order valence-electron chi connectivity index (χ1n) is 6.52.